The normalized spacial score (nSPS) is 15.4. The Balaban J connectivity index is 1.28. The van der Waals surface area contributed by atoms with Crippen LogP contribution in [0.1, 0.15) is 18.4 Å². The lowest BCUT2D eigenvalue weighted by Crippen LogP contribution is -2.28. The number of aromatic nitrogens is 2. The third-order valence-electron chi connectivity index (χ3n) is 5.37. The van der Waals surface area contributed by atoms with Crippen LogP contribution in [0.2, 0.25) is 0 Å². The standard InChI is InChI=1S/C22H20N4O4/c1-28-16-5-3-2-4-15(16)25-19-11-24-20(12-23-19)26-21(27)22(8-9-22)14-6-7-17-18(10-14)30-13-29-17/h2-7,10-12H,8-9,13H2,1H3,(H,23,25)(H,24,26,27). The highest BCUT2D eigenvalue weighted by atomic mass is 16.7. The molecule has 30 heavy (non-hydrogen) atoms. The smallest absolute Gasteiger partial charge is 0.236 e. The Labute approximate surface area is 173 Å². The first-order valence-corrected chi connectivity index (χ1v) is 9.62. The second-order valence-electron chi connectivity index (χ2n) is 7.22. The summed E-state index contributed by atoms with van der Waals surface area (Å²) in [6, 6.07) is 13.2. The van der Waals surface area contributed by atoms with E-state index in [1.807, 2.05) is 42.5 Å². The number of amides is 1. The van der Waals surface area contributed by atoms with E-state index in [0.717, 1.165) is 24.1 Å². The van der Waals surface area contributed by atoms with E-state index < -0.39 is 5.41 Å². The number of rotatable bonds is 6. The van der Waals surface area contributed by atoms with Gasteiger partial charge in [0.15, 0.2) is 17.3 Å². The molecule has 0 saturated heterocycles. The molecule has 1 aliphatic carbocycles. The molecule has 1 saturated carbocycles. The summed E-state index contributed by atoms with van der Waals surface area (Å²) in [7, 11) is 1.61. The summed E-state index contributed by atoms with van der Waals surface area (Å²) >= 11 is 0. The van der Waals surface area contributed by atoms with Crippen LogP contribution in [-0.2, 0) is 10.2 Å². The first-order valence-electron chi connectivity index (χ1n) is 9.62. The van der Waals surface area contributed by atoms with Crippen molar-refractivity contribution in [3.05, 3.63) is 60.4 Å². The Bertz CT molecular complexity index is 1100. The fraction of sp³-hybridized carbons (Fsp3) is 0.227. The predicted molar refractivity (Wildman–Crippen MR) is 110 cm³/mol. The second kappa shape index (κ2) is 7.22. The molecule has 2 aromatic carbocycles. The Morgan fingerprint density at radius 2 is 1.80 bits per heavy atom. The van der Waals surface area contributed by atoms with Crippen LogP contribution in [0.4, 0.5) is 17.3 Å². The van der Waals surface area contributed by atoms with Gasteiger partial charge in [0.2, 0.25) is 12.7 Å². The van der Waals surface area contributed by atoms with E-state index >= 15 is 0 Å². The zero-order valence-electron chi connectivity index (χ0n) is 16.3. The molecule has 0 bridgehead atoms. The molecule has 5 rings (SSSR count). The number of benzene rings is 2. The molecular weight excluding hydrogens is 384 g/mol. The summed E-state index contributed by atoms with van der Waals surface area (Å²) in [5.74, 6) is 2.95. The zero-order chi connectivity index (χ0) is 20.6. The van der Waals surface area contributed by atoms with Crippen LogP contribution in [0.15, 0.2) is 54.9 Å². The van der Waals surface area contributed by atoms with Gasteiger partial charge in [0.1, 0.15) is 11.6 Å². The number of nitrogens with one attached hydrogen (secondary N) is 2. The molecule has 3 aromatic rings. The van der Waals surface area contributed by atoms with Crippen LogP contribution < -0.4 is 24.8 Å². The largest absolute Gasteiger partial charge is 0.495 e. The fourth-order valence-electron chi connectivity index (χ4n) is 3.55. The van der Waals surface area contributed by atoms with E-state index in [-0.39, 0.29) is 12.7 Å². The lowest BCUT2D eigenvalue weighted by atomic mass is 9.94. The van der Waals surface area contributed by atoms with Gasteiger partial charge in [-0.3, -0.25) is 4.79 Å². The van der Waals surface area contributed by atoms with Crippen LogP contribution >= 0.6 is 0 Å². The van der Waals surface area contributed by atoms with Gasteiger partial charge in [-0.05, 0) is 42.7 Å². The number of ether oxygens (including phenoxy) is 3. The SMILES string of the molecule is COc1ccccc1Nc1cnc(NC(=O)C2(c3ccc4c(c3)OCO4)CC2)cn1. The summed E-state index contributed by atoms with van der Waals surface area (Å²) in [6.07, 6.45) is 4.66. The molecule has 2 aliphatic rings. The average Bonchev–Trinajstić information content (AvgIpc) is 3.46. The monoisotopic (exact) mass is 404 g/mol. The van der Waals surface area contributed by atoms with Crippen molar-refractivity contribution >= 4 is 23.2 Å². The number of carbonyl (C=O) groups is 1. The molecule has 1 amide bonds. The number of hydrogen-bond donors (Lipinski definition) is 2. The highest BCUT2D eigenvalue weighted by Gasteiger charge is 2.51. The van der Waals surface area contributed by atoms with Gasteiger partial charge in [0.25, 0.3) is 0 Å². The number of para-hydroxylation sites is 2. The number of carbonyl (C=O) groups excluding carboxylic acids is 1. The maximum absolute atomic E-state index is 13.0. The average molecular weight is 404 g/mol. The van der Waals surface area contributed by atoms with Gasteiger partial charge in [0, 0.05) is 0 Å². The van der Waals surface area contributed by atoms with Crippen molar-refractivity contribution in [2.24, 2.45) is 0 Å². The molecule has 8 heteroatoms. The molecule has 8 nitrogen and oxygen atoms in total. The number of hydrogen-bond acceptors (Lipinski definition) is 7. The van der Waals surface area contributed by atoms with Crippen molar-refractivity contribution in [3.63, 3.8) is 0 Å². The molecular formula is C22H20N4O4. The summed E-state index contributed by atoms with van der Waals surface area (Å²) in [4.78, 5) is 21.6. The van der Waals surface area contributed by atoms with Crippen LogP contribution in [-0.4, -0.2) is 29.8 Å². The van der Waals surface area contributed by atoms with E-state index in [9.17, 15) is 4.79 Å². The summed E-state index contributed by atoms with van der Waals surface area (Å²) in [5.41, 5.74) is 1.15. The quantitative estimate of drug-likeness (QED) is 0.648. The molecule has 2 N–H and O–H groups in total. The van der Waals surface area contributed by atoms with Crippen molar-refractivity contribution in [1.29, 1.82) is 0 Å². The van der Waals surface area contributed by atoms with Crippen molar-refractivity contribution in [3.8, 4) is 17.2 Å². The number of fused-ring (bicyclic) bond motifs is 1. The van der Waals surface area contributed by atoms with Crippen molar-refractivity contribution in [2.45, 2.75) is 18.3 Å². The minimum atomic E-state index is -0.559. The van der Waals surface area contributed by atoms with Gasteiger partial charge in [-0.2, -0.15) is 0 Å². The Morgan fingerprint density at radius 1 is 1.03 bits per heavy atom. The Morgan fingerprint density at radius 3 is 2.57 bits per heavy atom. The molecule has 1 aliphatic heterocycles. The van der Waals surface area contributed by atoms with E-state index in [0.29, 0.717) is 28.9 Å². The maximum atomic E-state index is 13.0. The molecule has 2 heterocycles. The highest BCUT2D eigenvalue weighted by molar-refractivity contribution is 6.01. The van der Waals surface area contributed by atoms with Crippen molar-refractivity contribution in [1.82, 2.24) is 9.97 Å². The molecule has 0 atom stereocenters. The van der Waals surface area contributed by atoms with E-state index in [1.165, 1.54) is 6.20 Å². The Hall–Kier alpha value is -3.81. The van der Waals surface area contributed by atoms with Crippen molar-refractivity contribution in [2.75, 3.05) is 24.5 Å². The number of anilines is 3. The van der Waals surface area contributed by atoms with E-state index in [4.69, 9.17) is 14.2 Å². The minimum Gasteiger partial charge on any atom is -0.495 e. The third-order valence-corrected chi connectivity index (χ3v) is 5.37. The third kappa shape index (κ3) is 3.26. The van der Waals surface area contributed by atoms with Gasteiger partial charge in [0.05, 0.1) is 30.6 Å². The zero-order valence-corrected chi connectivity index (χ0v) is 16.3. The number of nitrogens with zero attached hydrogens (tertiary/aromatic N) is 2. The number of methoxy groups -OCH3 is 1. The summed E-state index contributed by atoms with van der Waals surface area (Å²) in [5, 5.41) is 6.05. The summed E-state index contributed by atoms with van der Waals surface area (Å²) < 4.78 is 16.1. The maximum Gasteiger partial charge on any atom is 0.236 e. The molecule has 1 aromatic heterocycles. The second-order valence-corrected chi connectivity index (χ2v) is 7.22. The molecule has 0 spiro atoms. The van der Waals surface area contributed by atoms with Gasteiger partial charge >= 0.3 is 0 Å². The summed E-state index contributed by atoms with van der Waals surface area (Å²) in [6.45, 7) is 0.211. The lowest BCUT2D eigenvalue weighted by molar-refractivity contribution is -0.118. The van der Waals surface area contributed by atoms with Crippen LogP contribution in [0, 0.1) is 0 Å². The van der Waals surface area contributed by atoms with Crippen LogP contribution in [0.3, 0.4) is 0 Å². The van der Waals surface area contributed by atoms with Gasteiger partial charge in [-0.15, -0.1) is 0 Å². The predicted octanol–water partition coefficient (Wildman–Crippen LogP) is 3.63. The van der Waals surface area contributed by atoms with Crippen molar-refractivity contribution < 1.29 is 19.0 Å². The molecule has 152 valence electrons. The molecule has 0 unspecified atom stereocenters. The van der Waals surface area contributed by atoms with E-state index in [1.54, 1.807) is 13.3 Å². The fourth-order valence-corrected chi connectivity index (χ4v) is 3.55. The van der Waals surface area contributed by atoms with Gasteiger partial charge in [-0.25, -0.2) is 9.97 Å². The minimum absolute atomic E-state index is 0.0962. The highest BCUT2D eigenvalue weighted by Crippen LogP contribution is 2.51. The topological polar surface area (TPSA) is 94.6 Å². The van der Waals surface area contributed by atoms with Crippen LogP contribution in [0.25, 0.3) is 0 Å². The van der Waals surface area contributed by atoms with Gasteiger partial charge in [-0.1, -0.05) is 18.2 Å². The molecule has 1 fully saturated rings. The van der Waals surface area contributed by atoms with E-state index in [2.05, 4.69) is 20.6 Å². The molecule has 0 radical (unpaired) electrons. The lowest BCUT2D eigenvalue weighted by Gasteiger charge is -2.16. The first kappa shape index (κ1) is 18.2. The Kier molecular flexibility index (Phi) is 4.39. The van der Waals surface area contributed by atoms with Gasteiger partial charge < -0.3 is 24.8 Å². The van der Waals surface area contributed by atoms with Crippen LogP contribution in [0.5, 0.6) is 17.2 Å². The first-order chi connectivity index (χ1) is 14.7.